The Morgan fingerprint density at radius 2 is 1.53 bits per heavy atom. The van der Waals surface area contributed by atoms with Crippen molar-refractivity contribution >= 4 is 22.6 Å². The molecule has 0 saturated heterocycles. The van der Waals surface area contributed by atoms with E-state index in [1.165, 1.54) is 25.8 Å². The first-order valence-corrected chi connectivity index (χ1v) is 7.69. The SMILES string of the molecule is Cc1cccc(C(N)c2ccc(C(C)C)cc2)c1I. The zero-order chi connectivity index (χ0) is 14.0. The summed E-state index contributed by atoms with van der Waals surface area (Å²) in [5, 5.41) is 0. The molecular weight excluding hydrogens is 345 g/mol. The lowest BCUT2D eigenvalue weighted by Gasteiger charge is -2.16. The maximum atomic E-state index is 6.41. The molecule has 2 heteroatoms. The van der Waals surface area contributed by atoms with E-state index in [-0.39, 0.29) is 6.04 Å². The lowest BCUT2D eigenvalue weighted by atomic mass is 9.95. The van der Waals surface area contributed by atoms with Gasteiger partial charge < -0.3 is 5.73 Å². The minimum absolute atomic E-state index is 0.0481. The molecule has 2 aromatic carbocycles. The minimum Gasteiger partial charge on any atom is -0.320 e. The molecule has 1 nitrogen and oxygen atoms in total. The fourth-order valence-corrected chi connectivity index (χ4v) is 2.87. The first kappa shape index (κ1) is 14.5. The van der Waals surface area contributed by atoms with Gasteiger partial charge in [-0.05, 0) is 57.7 Å². The minimum atomic E-state index is -0.0481. The molecule has 1 atom stereocenters. The van der Waals surface area contributed by atoms with E-state index in [1.54, 1.807) is 0 Å². The number of hydrogen-bond acceptors (Lipinski definition) is 1. The second-order valence-electron chi connectivity index (χ2n) is 5.28. The summed E-state index contributed by atoms with van der Waals surface area (Å²) in [6.07, 6.45) is 0. The summed E-state index contributed by atoms with van der Waals surface area (Å²) in [7, 11) is 0. The van der Waals surface area contributed by atoms with Crippen LogP contribution in [0.4, 0.5) is 0 Å². The van der Waals surface area contributed by atoms with Crippen molar-refractivity contribution in [3.05, 3.63) is 68.3 Å². The zero-order valence-corrected chi connectivity index (χ0v) is 13.8. The fourth-order valence-electron chi connectivity index (χ4n) is 2.18. The normalized spacial score (nSPS) is 12.7. The molecule has 0 aromatic heterocycles. The van der Waals surface area contributed by atoms with Crippen LogP contribution in [0.3, 0.4) is 0 Å². The van der Waals surface area contributed by atoms with Crippen molar-refractivity contribution in [1.29, 1.82) is 0 Å². The van der Waals surface area contributed by atoms with Gasteiger partial charge in [-0.25, -0.2) is 0 Å². The van der Waals surface area contributed by atoms with Gasteiger partial charge in [0.05, 0.1) is 6.04 Å². The molecule has 0 bridgehead atoms. The Hall–Kier alpha value is -0.870. The number of hydrogen-bond donors (Lipinski definition) is 1. The van der Waals surface area contributed by atoms with Gasteiger partial charge in [0.15, 0.2) is 0 Å². The van der Waals surface area contributed by atoms with E-state index in [4.69, 9.17) is 5.73 Å². The van der Waals surface area contributed by atoms with Gasteiger partial charge in [-0.2, -0.15) is 0 Å². The molecule has 0 aliphatic carbocycles. The highest BCUT2D eigenvalue weighted by molar-refractivity contribution is 14.1. The average Bonchev–Trinajstić information content (AvgIpc) is 2.41. The van der Waals surface area contributed by atoms with Gasteiger partial charge in [0.1, 0.15) is 0 Å². The van der Waals surface area contributed by atoms with Crippen LogP contribution in [0.1, 0.15) is 48.1 Å². The van der Waals surface area contributed by atoms with Crippen LogP contribution in [0.25, 0.3) is 0 Å². The van der Waals surface area contributed by atoms with E-state index in [9.17, 15) is 0 Å². The highest BCUT2D eigenvalue weighted by Gasteiger charge is 2.13. The number of aryl methyl sites for hydroxylation is 1. The van der Waals surface area contributed by atoms with E-state index in [0.717, 1.165) is 0 Å². The molecule has 19 heavy (non-hydrogen) atoms. The quantitative estimate of drug-likeness (QED) is 0.779. The van der Waals surface area contributed by atoms with Gasteiger partial charge in [-0.15, -0.1) is 0 Å². The predicted octanol–water partition coefficient (Wildman–Crippen LogP) is 4.77. The third-order valence-corrected chi connectivity index (χ3v) is 4.99. The molecule has 0 spiro atoms. The molecule has 2 N–H and O–H groups in total. The van der Waals surface area contributed by atoms with Crippen LogP contribution < -0.4 is 5.73 Å². The summed E-state index contributed by atoms with van der Waals surface area (Å²) >= 11 is 2.38. The maximum Gasteiger partial charge on any atom is 0.0562 e. The molecule has 100 valence electrons. The lowest BCUT2D eigenvalue weighted by Crippen LogP contribution is -2.13. The molecule has 0 saturated carbocycles. The van der Waals surface area contributed by atoms with Crippen LogP contribution in [-0.2, 0) is 0 Å². The van der Waals surface area contributed by atoms with Crippen LogP contribution >= 0.6 is 22.6 Å². The Balaban J connectivity index is 2.33. The summed E-state index contributed by atoms with van der Waals surface area (Å²) in [5.41, 5.74) is 11.4. The van der Waals surface area contributed by atoms with Crippen molar-refractivity contribution in [2.45, 2.75) is 32.7 Å². The molecular formula is C17H20IN. The number of benzene rings is 2. The molecule has 0 amide bonds. The molecule has 1 unspecified atom stereocenters. The highest BCUT2D eigenvalue weighted by atomic mass is 127. The highest BCUT2D eigenvalue weighted by Crippen LogP contribution is 2.27. The van der Waals surface area contributed by atoms with Crippen LogP contribution in [0.15, 0.2) is 42.5 Å². The van der Waals surface area contributed by atoms with Crippen molar-refractivity contribution < 1.29 is 0 Å². The van der Waals surface area contributed by atoms with Crippen LogP contribution in [-0.4, -0.2) is 0 Å². The second kappa shape index (κ2) is 6.06. The van der Waals surface area contributed by atoms with Gasteiger partial charge in [-0.1, -0.05) is 56.3 Å². The average molecular weight is 365 g/mol. The zero-order valence-electron chi connectivity index (χ0n) is 11.7. The Morgan fingerprint density at radius 1 is 0.947 bits per heavy atom. The molecule has 2 aromatic rings. The largest absolute Gasteiger partial charge is 0.320 e. The van der Waals surface area contributed by atoms with Crippen LogP contribution in [0.2, 0.25) is 0 Å². The molecule has 0 radical (unpaired) electrons. The van der Waals surface area contributed by atoms with Crippen molar-refractivity contribution in [2.75, 3.05) is 0 Å². The fraction of sp³-hybridized carbons (Fsp3) is 0.294. The van der Waals surface area contributed by atoms with Crippen molar-refractivity contribution in [3.63, 3.8) is 0 Å². The molecule has 0 heterocycles. The maximum absolute atomic E-state index is 6.41. The monoisotopic (exact) mass is 365 g/mol. The third-order valence-electron chi connectivity index (χ3n) is 3.52. The van der Waals surface area contributed by atoms with Crippen molar-refractivity contribution in [1.82, 2.24) is 0 Å². The summed E-state index contributed by atoms with van der Waals surface area (Å²) in [4.78, 5) is 0. The number of nitrogens with two attached hydrogens (primary N) is 1. The molecule has 0 fully saturated rings. The van der Waals surface area contributed by atoms with E-state index < -0.39 is 0 Å². The van der Waals surface area contributed by atoms with Gasteiger partial charge in [0, 0.05) is 3.57 Å². The van der Waals surface area contributed by atoms with Crippen molar-refractivity contribution in [2.24, 2.45) is 5.73 Å². The van der Waals surface area contributed by atoms with E-state index >= 15 is 0 Å². The van der Waals surface area contributed by atoms with Gasteiger partial charge >= 0.3 is 0 Å². The first-order chi connectivity index (χ1) is 9.00. The second-order valence-corrected chi connectivity index (χ2v) is 6.36. The topological polar surface area (TPSA) is 26.0 Å². The van der Waals surface area contributed by atoms with E-state index in [2.05, 4.69) is 85.8 Å². The standard InChI is InChI=1S/C17H20IN/c1-11(2)13-7-9-14(10-8-13)17(19)15-6-4-5-12(3)16(15)18/h4-11,17H,19H2,1-3H3. The van der Waals surface area contributed by atoms with Gasteiger partial charge in [0.2, 0.25) is 0 Å². The molecule has 2 rings (SSSR count). The Labute approximate surface area is 129 Å². The van der Waals surface area contributed by atoms with Gasteiger partial charge in [-0.3, -0.25) is 0 Å². The smallest absolute Gasteiger partial charge is 0.0562 e. The van der Waals surface area contributed by atoms with Crippen LogP contribution in [0, 0.1) is 10.5 Å². The van der Waals surface area contributed by atoms with E-state index in [1.807, 2.05) is 0 Å². The Bertz CT molecular complexity index is 558. The third kappa shape index (κ3) is 3.18. The van der Waals surface area contributed by atoms with Crippen molar-refractivity contribution in [3.8, 4) is 0 Å². The van der Waals surface area contributed by atoms with E-state index in [0.29, 0.717) is 5.92 Å². The van der Waals surface area contributed by atoms with Crippen LogP contribution in [0.5, 0.6) is 0 Å². The summed E-state index contributed by atoms with van der Waals surface area (Å²) < 4.78 is 1.26. The number of halogens is 1. The molecule has 0 aliphatic heterocycles. The lowest BCUT2D eigenvalue weighted by molar-refractivity contribution is 0.843. The molecule has 0 aliphatic rings. The number of rotatable bonds is 3. The first-order valence-electron chi connectivity index (χ1n) is 6.61. The predicted molar refractivity (Wildman–Crippen MR) is 90.5 cm³/mol. The Morgan fingerprint density at radius 3 is 2.11 bits per heavy atom. The Kier molecular flexibility index (Phi) is 4.63. The summed E-state index contributed by atoms with van der Waals surface area (Å²) in [6, 6.07) is 14.9. The van der Waals surface area contributed by atoms with Gasteiger partial charge in [0.25, 0.3) is 0 Å². The summed E-state index contributed by atoms with van der Waals surface area (Å²) in [6.45, 7) is 6.54. The summed E-state index contributed by atoms with van der Waals surface area (Å²) in [5.74, 6) is 0.560.